The van der Waals surface area contributed by atoms with E-state index in [4.69, 9.17) is 9.73 Å². The van der Waals surface area contributed by atoms with Crippen LogP contribution in [0.4, 0.5) is 0 Å². The van der Waals surface area contributed by atoms with Crippen LogP contribution in [0.2, 0.25) is 0 Å². The SMILES string of the molecule is CCNC(=NCC1(SCC)CCOCC1)NCCC(C)C. The molecular formula is C16H33N3OS. The molecule has 21 heavy (non-hydrogen) atoms. The Morgan fingerprint density at radius 2 is 1.95 bits per heavy atom. The molecule has 0 bridgehead atoms. The van der Waals surface area contributed by atoms with Crippen molar-refractivity contribution < 1.29 is 4.74 Å². The smallest absolute Gasteiger partial charge is 0.191 e. The van der Waals surface area contributed by atoms with Gasteiger partial charge in [0.25, 0.3) is 0 Å². The molecule has 5 heteroatoms. The Hall–Kier alpha value is -0.420. The minimum atomic E-state index is 0.271. The summed E-state index contributed by atoms with van der Waals surface area (Å²) in [6.45, 7) is 13.4. The lowest BCUT2D eigenvalue weighted by atomic mass is 9.99. The average Bonchev–Trinajstić information content (AvgIpc) is 2.46. The molecule has 0 aromatic carbocycles. The van der Waals surface area contributed by atoms with E-state index < -0.39 is 0 Å². The molecular weight excluding hydrogens is 282 g/mol. The Bertz CT molecular complexity index is 296. The molecule has 1 aliphatic heterocycles. The van der Waals surface area contributed by atoms with E-state index in [1.807, 2.05) is 11.8 Å². The van der Waals surface area contributed by atoms with Crippen molar-refractivity contribution in [3.8, 4) is 0 Å². The van der Waals surface area contributed by atoms with Crippen LogP contribution in [-0.2, 0) is 4.74 Å². The number of nitrogens with zero attached hydrogens (tertiary/aromatic N) is 1. The van der Waals surface area contributed by atoms with Crippen molar-refractivity contribution in [2.75, 3.05) is 38.6 Å². The summed E-state index contributed by atoms with van der Waals surface area (Å²) in [6.07, 6.45) is 3.40. The fourth-order valence-electron chi connectivity index (χ4n) is 2.44. The first-order valence-electron chi connectivity index (χ1n) is 8.35. The summed E-state index contributed by atoms with van der Waals surface area (Å²) in [5.41, 5.74) is 0. The van der Waals surface area contributed by atoms with Gasteiger partial charge < -0.3 is 15.4 Å². The minimum absolute atomic E-state index is 0.271. The molecule has 0 atom stereocenters. The second-order valence-electron chi connectivity index (χ2n) is 6.03. The number of hydrogen-bond donors (Lipinski definition) is 2. The van der Waals surface area contributed by atoms with Crippen molar-refractivity contribution in [3.05, 3.63) is 0 Å². The zero-order valence-electron chi connectivity index (χ0n) is 14.2. The third kappa shape index (κ3) is 7.41. The highest BCUT2D eigenvalue weighted by Crippen LogP contribution is 2.35. The normalized spacial score (nSPS) is 18.8. The maximum Gasteiger partial charge on any atom is 0.191 e. The van der Waals surface area contributed by atoms with Gasteiger partial charge in [0.05, 0.1) is 6.54 Å². The molecule has 1 fully saturated rings. The van der Waals surface area contributed by atoms with Gasteiger partial charge in [0.2, 0.25) is 0 Å². The molecule has 0 saturated carbocycles. The first-order valence-corrected chi connectivity index (χ1v) is 9.34. The number of nitrogens with one attached hydrogen (secondary N) is 2. The number of guanidine groups is 1. The lowest BCUT2D eigenvalue weighted by molar-refractivity contribution is 0.0793. The summed E-state index contributed by atoms with van der Waals surface area (Å²) in [5.74, 6) is 2.82. The molecule has 0 spiro atoms. The molecule has 0 aromatic rings. The molecule has 1 aliphatic rings. The summed E-state index contributed by atoms with van der Waals surface area (Å²) in [7, 11) is 0. The highest BCUT2D eigenvalue weighted by molar-refractivity contribution is 8.00. The first-order chi connectivity index (χ1) is 10.1. The van der Waals surface area contributed by atoms with Crippen LogP contribution in [0.1, 0.15) is 47.0 Å². The molecule has 1 saturated heterocycles. The quantitative estimate of drug-likeness (QED) is 0.534. The van der Waals surface area contributed by atoms with E-state index in [-0.39, 0.29) is 4.75 Å². The van der Waals surface area contributed by atoms with Gasteiger partial charge in [-0.2, -0.15) is 11.8 Å². The lowest BCUT2D eigenvalue weighted by Gasteiger charge is -2.35. The maximum absolute atomic E-state index is 5.52. The lowest BCUT2D eigenvalue weighted by Crippen LogP contribution is -2.41. The highest BCUT2D eigenvalue weighted by atomic mass is 32.2. The van der Waals surface area contributed by atoms with Gasteiger partial charge in [-0.3, -0.25) is 4.99 Å². The average molecular weight is 316 g/mol. The Kier molecular flexibility index (Phi) is 9.16. The van der Waals surface area contributed by atoms with Crippen LogP contribution in [-0.4, -0.2) is 49.3 Å². The summed E-state index contributed by atoms with van der Waals surface area (Å²) < 4.78 is 5.79. The zero-order chi connectivity index (χ0) is 15.6. The summed E-state index contributed by atoms with van der Waals surface area (Å²) >= 11 is 2.05. The summed E-state index contributed by atoms with van der Waals surface area (Å²) in [6, 6.07) is 0. The number of hydrogen-bond acceptors (Lipinski definition) is 3. The van der Waals surface area contributed by atoms with E-state index in [1.165, 1.54) is 6.42 Å². The van der Waals surface area contributed by atoms with E-state index in [0.717, 1.165) is 63.3 Å². The number of ether oxygens (including phenoxy) is 1. The van der Waals surface area contributed by atoms with Gasteiger partial charge in [-0.25, -0.2) is 0 Å². The third-order valence-electron chi connectivity index (χ3n) is 3.74. The Morgan fingerprint density at radius 1 is 1.24 bits per heavy atom. The predicted molar refractivity (Wildman–Crippen MR) is 94.4 cm³/mol. The van der Waals surface area contributed by atoms with Gasteiger partial charge in [-0.15, -0.1) is 0 Å². The molecule has 1 rings (SSSR count). The van der Waals surface area contributed by atoms with Gasteiger partial charge in [-0.1, -0.05) is 20.8 Å². The van der Waals surface area contributed by atoms with Crippen LogP contribution in [0.3, 0.4) is 0 Å². The summed E-state index contributed by atoms with van der Waals surface area (Å²) in [5, 5.41) is 6.80. The van der Waals surface area contributed by atoms with E-state index in [0.29, 0.717) is 0 Å². The molecule has 1 heterocycles. The van der Waals surface area contributed by atoms with Crippen LogP contribution in [0.25, 0.3) is 0 Å². The molecule has 0 unspecified atom stereocenters. The van der Waals surface area contributed by atoms with Gasteiger partial charge >= 0.3 is 0 Å². The second kappa shape index (κ2) is 10.3. The molecule has 124 valence electrons. The van der Waals surface area contributed by atoms with Crippen LogP contribution in [0, 0.1) is 5.92 Å². The van der Waals surface area contributed by atoms with Gasteiger partial charge in [0, 0.05) is 31.1 Å². The monoisotopic (exact) mass is 315 g/mol. The first kappa shape index (κ1) is 18.6. The third-order valence-corrected chi connectivity index (χ3v) is 5.18. The van der Waals surface area contributed by atoms with Crippen LogP contribution >= 0.6 is 11.8 Å². The minimum Gasteiger partial charge on any atom is -0.381 e. The Balaban J connectivity index is 2.56. The van der Waals surface area contributed by atoms with Crippen molar-refractivity contribution in [3.63, 3.8) is 0 Å². The van der Waals surface area contributed by atoms with Crippen molar-refractivity contribution in [2.24, 2.45) is 10.9 Å². The van der Waals surface area contributed by atoms with E-state index in [1.54, 1.807) is 0 Å². The molecule has 0 amide bonds. The fraction of sp³-hybridized carbons (Fsp3) is 0.938. The number of thioether (sulfide) groups is 1. The zero-order valence-corrected chi connectivity index (χ0v) is 15.0. The molecule has 4 nitrogen and oxygen atoms in total. The Morgan fingerprint density at radius 3 is 2.52 bits per heavy atom. The van der Waals surface area contributed by atoms with Crippen molar-refractivity contribution >= 4 is 17.7 Å². The van der Waals surface area contributed by atoms with Gasteiger partial charge in [0.15, 0.2) is 5.96 Å². The van der Waals surface area contributed by atoms with Crippen molar-refractivity contribution in [2.45, 2.75) is 51.7 Å². The Labute approximate surface area is 134 Å². The molecule has 0 aromatic heterocycles. The van der Waals surface area contributed by atoms with Crippen molar-refractivity contribution in [1.82, 2.24) is 10.6 Å². The van der Waals surface area contributed by atoms with E-state index >= 15 is 0 Å². The predicted octanol–water partition coefficient (Wildman–Crippen LogP) is 2.89. The van der Waals surface area contributed by atoms with Crippen LogP contribution < -0.4 is 10.6 Å². The van der Waals surface area contributed by atoms with Crippen molar-refractivity contribution in [1.29, 1.82) is 0 Å². The summed E-state index contributed by atoms with van der Waals surface area (Å²) in [4.78, 5) is 4.84. The van der Waals surface area contributed by atoms with Crippen LogP contribution in [0.5, 0.6) is 0 Å². The topological polar surface area (TPSA) is 45.7 Å². The molecule has 0 radical (unpaired) electrons. The standard InChI is InChI=1S/C16H33N3OS/c1-5-17-15(18-10-7-14(3)4)19-13-16(21-6-2)8-11-20-12-9-16/h14H,5-13H2,1-4H3,(H2,17,18,19). The molecule has 0 aliphatic carbocycles. The number of rotatable bonds is 8. The highest BCUT2D eigenvalue weighted by Gasteiger charge is 2.32. The second-order valence-corrected chi connectivity index (χ2v) is 7.76. The van der Waals surface area contributed by atoms with E-state index in [2.05, 4.69) is 38.3 Å². The largest absolute Gasteiger partial charge is 0.381 e. The van der Waals surface area contributed by atoms with Gasteiger partial charge in [-0.05, 0) is 37.9 Å². The van der Waals surface area contributed by atoms with E-state index in [9.17, 15) is 0 Å². The fourth-order valence-corrected chi connectivity index (χ4v) is 3.67. The van der Waals surface area contributed by atoms with Gasteiger partial charge in [0.1, 0.15) is 0 Å². The number of aliphatic imine (C=N–C) groups is 1. The molecule has 2 N–H and O–H groups in total. The maximum atomic E-state index is 5.52. The van der Waals surface area contributed by atoms with Crippen LogP contribution in [0.15, 0.2) is 4.99 Å².